The van der Waals surface area contributed by atoms with E-state index in [1.165, 1.54) is 0 Å². The van der Waals surface area contributed by atoms with E-state index in [-0.39, 0.29) is 5.54 Å². The molecule has 0 saturated heterocycles. The Bertz CT molecular complexity index is 503. The fraction of sp³-hybridized carbons (Fsp3) is 0.333. The van der Waals surface area contributed by atoms with E-state index in [4.69, 9.17) is 0 Å². The van der Waals surface area contributed by atoms with E-state index in [2.05, 4.69) is 15.3 Å². The van der Waals surface area contributed by atoms with Gasteiger partial charge in [-0.2, -0.15) is 0 Å². The van der Waals surface area contributed by atoms with Gasteiger partial charge >= 0.3 is 0 Å². The van der Waals surface area contributed by atoms with E-state index in [1.807, 2.05) is 37.5 Å². The zero-order valence-electron chi connectivity index (χ0n) is 8.70. The van der Waals surface area contributed by atoms with E-state index in [9.17, 15) is 0 Å². The first-order valence-corrected chi connectivity index (χ1v) is 5.25. The molecule has 3 heteroatoms. The third-order valence-electron chi connectivity index (χ3n) is 3.17. The van der Waals surface area contributed by atoms with Gasteiger partial charge in [0, 0.05) is 0 Å². The summed E-state index contributed by atoms with van der Waals surface area (Å²) in [7, 11) is 1.99. The van der Waals surface area contributed by atoms with Gasteiger partial charge in [-0.1, -0.05) is 12.1 Å². The van der Waals surface area contributed by atoms with Crippen molar-refractivity contribution in [2.24, 2.45) is 0 Å². The number of fused-ring (bicyclic) bond motifs is 1. The quantitative estimate of drug-likeness (QED) is 0.802. The topological polar surface area (TPSA) is 37.8 Å². The van der Waals surface area contributed by atoms with Crippen LogP contribution in [0.15, 0.2) is 30.5 Å². The number of benzene rings is 1. The molecule has 3 nitrogen and oxygen atoms in total. The highest BCUT2D eigenvalue weighted by molar-refractivity contribution is 5.73. The van der Waals surface area contributed by atoms with Crippen LogP contribution in [-0.2, 0) is 5.54 Å². The third-order valence-corrected chi connectivity index (χ3v) is 3.17. The smallest absolute Gasteiger partial charge is 0.0890 e. The van der Waals surface area contributed by atoms with Crippen LogP contribution in [0.3, 0.4) is 0 Å². The van der Waals surface area contributed by atoms with Gasteiger partial charge in [0.1, 0.15) is 0 Å². The Morgan fingerprint density at radius 3 is 2.60 bits per heavy atom. The molecule has 0 bridgehead atoms. The Balaban J connectivity index is 2.14. The second-order valence-corrected chi connectivity index (χ2v) is 4.08. The van der Waals surface area contributed by atoms with Gasteiger partial charge in [-0.25, -0.2) is 4.98 Å². The lowest BCUT2D eigenvalue weighted by Gasteiger charge is -2.13. The molecule has 1 heterocycles. The van der Waals surface area contributed by atoms with E-state index < -0.39 is 0 Å². The molecule has 1 aromatic heterocycles. The predicted molar refractivity (Wildman–Crippen MR) is 59.5 cm³/mol. The standard InChI is InChI=1S/C12H13N3/c1-13-12(6-7-12)11-8-14-9-4-2-3-5-10(9)15-11/h2-5,8,13H,6-7H2,1H3. The monoisotopic (exact) mass is 199 g/mol. The summed E-state index contributed by atoms with van der Waals surface area (Å²) in [5, 5.41) is 3.33. The zero-order valence-corrected chi connectivity index (χ0v) is 8.70. The molecule has 0 atom stereocenters. The molecule has 0 aliphatic heterocycles. The van der Waals surface area contributed by atoms with Crippen molar-refractivity contribution in [1.29, 1.82) is 0 Å². The minimum absolute atomic E-state index is 0.108. The van der Waals surface area contributed by atoms with Crippen molar-refractivity contribution in [2.45, 2.75) is 18.4 Å². The van der Waals surface area contributed by atoms with Crippen LogP contribution in [0.2, 0.25) is 0 Å². The highest BCUT2D eigenvalue weighted by Crippen LogP contribution is 2.44. The van der Waals surface area contributed by atoms with Crippen LogP contribution in [0.4, 0.5) is 0 Å². The SMILES string of the molecule is CNC1(c2cnc3ccccc3n2)CC1. The molecular formula is C12H13N3. The van der Waals surface area contributed by atoms with E-state index in [0.717, 1.165) is 29.6 Å². The van der Waals surface area contributed by atoms with Gasteiger partial charge in [0.25, 0.3) is 0 Å². The van der Waals surface area contributed by atoms with Gasteiger partial charge in [-0.05, 0) is 32.0 Å². The average molecular weight is 199 g/mol. The fourth-order valence-electron chi connectivity index (χ4n) is 1.95. The molecule has 1 N–H and O–H groups in total. The number of nitrogens with one attached hydrogen (secondary N) is 1. The van der Waals surface area contributed by atoms with Crippen molar-refractivity contribution < 1.29 is 0 Å². The minimum atomic E-state index is 0.108. The van der Waals surface area contributed by atoms with Gasteiger partial charge in [0.15, 0.2) is 0 Å². The highest BCUT2D eigenvalue weighted by Gasteiger charge is 2.44. The lowest BCUT2D eigenvalue weighted by Crippen LogP contribution is -2.25. The summed E-state index contributed by atoms with van der Waals surface area (Å²) in [5.41, 5.74) is 3.13. The van der Waals surface area contributed by atoms with Gasteiger partial charge in [-0.15, -0.1) is 0 Å². The second-order valence-electron chi connectivity index (χ2n) is 4.08. The summed E-state index contributed by atoms with van der Waals surface area (Å²) in [6.07, 6.45) is 4.22. The van der Waals surface area contributed by atoms with Crippen LogP contribution in [0.5, 0.6) is 0 Å². The molecule has 0 unspecified atom stereocenters. The molecule has 1 saturated carbocycles. The fourth-order valence-corrected chi connectivity index (χ4v) is 1.95. The molecular weight excluding hydrogens is 186 g/mol. The van der Waals surface area contributed by atoms with E-state index in [1.54, 1.807) is 0 Å². The van der Waals surface area contributed by atoms with E-state index in [0.29, 0.717) is 0 Å². The first kappa shape index (κ1) is 8.80. The molecule has 1 aromatic carbocycles. The molecule has 0 amide bonds. The molecule has 1 aliphatic carbocycles. The van der Waals surface area contributed by atoms with Gasteiger partial charge in [0.05, 0.1) is 28.5 Å². The number of aromatic nitrogens is 2. The minimum Gasteiger partial charge on any atom is -0.309 e. The van der Waals surface area contributed by atoms with Crippen molar-refractivity contribution in [1.82, 2.24) is 15.3 Å². The Hall–Kier alpha value is -1.48. The second kappa shape index (κ2) is 3.00. The first-order valence-electron chi connectivity index (χ1n) is 5.25. The van der Waals surface area contributed by atoms with Gasteiger partial charge in [0.2, 0.25) is 0 Å². The zero-order chi connectivity index (χ0) is 10.3. The Labute approximate surface area is 88.6 Å². The molecule has 0 radical (unpaired) electrons. The summed E-state index contributed by atoms with van der Waals surface area (Å²) < 4.78 is 0. The van der Waals surface area contributed by atoms with Crippen molar-refractivity contribution in [3.63, 3.8) is 0 Å². The Morgan fingerprint density at radius 1 is 1.20 bits per heavy atom. The Morgan fingerprint density at radius 2 is 1.93 bits per heavy atom. The molecule has 2 aromatic rings. The summed E-state index contributed by atoms with van der Waals surface area (Å²) in [6, 6.07) is 7.99. The third kappa shape index (κ3) is 1.31. The molecule has 1 fully saturated rings. The predicted octanol–water partition coefficient (Wildman–Crippen LogP) is 1.84. The summed E-state index contributed by atoms with van der Waals surface area (Å²) >= 11 is 0. The summed E-state index contributed by atoms with van der Waals surface area (Å²) in [4.78, 5) is 9.09. The first-order chi connectivity index (χ1) is 7.34. The Kier molecular flexibility index (Phi) is 1.76. The maximum absolute atomic E-state index is 4.66. The van der Waals surface area contributed by atoms with Gasteiger partial charge < -0.3 is 5.32 Å². The summed E-state index contributed by atoms with van der Waals surface area (Å²) in [5.74, 6) is 0. The molecule has 15 heavy (non-hydrogen) atoms. The number of hydrogen-bond acceptors (Lipinski definition) is 3. The van der Waals surface area contributed by atoms with Crippen molar-refractivity contribution in [2.75, 3.05) is 7.05 Å². The van der Waals surface area contributed by atoms with Crippen LogP contribution in [0.1, 0.15) is 18.5 Å². The molecule has 1 aliphatic rings. The van der Waals surface area contributed by atoms with E-state index >= 15 is 0 Å². The lowest BCUT2D eigenvalue weighted by molar-refractivity contribution is 0.567. The average Bonchev–Trinajstić information content (AvgIpc) is 3.09. The normalized spacial score (nSPS) is 17.9. The van der Waals surface area contributed by atoms with Crippen molar-refractivity contribution >= 4 is 11.0 Å². The number of rotatable bonds is 2. The van der Waals surface area contributed by atoms with Crippen molar-refractivity contribution in [3.8, 4) is 0 Å². The molecule has 76 valence electrons. The summed E-state index contributed by atoms with van der Waals surface area (Å²) in [6.45, 7) is 0. The number of nitrogens with zero attached hydrogens (tertiary/aromatic N) is 2. The van der Waals surface area contributed by atoms with Crippen LogP contribution >= 0.6 is 0 Å². The number of hydrogen-bond donors (Lipinski definition) is 1. The highest BCUT2D eigenvalue weighted by atomic mass is 15.0. The van der Waals surface area contributed by atoms with Crippen LogP contribution in [-0.4, -0.2) is 17.0 Å². The molecule has 3 rings (SSSR count). The largest absolute Gasteiger partial charge is 0.309 e. The maximum atomic E-state index is 4.66. The number of para-hydroxylation sites is 2. The van der Waals surface area contributed by atoms with Crippen LogP contribution < -0.4 is 5.32 Å². The molecule has 0 spiro atoms. The van der Waals surface area contributed by atoms with Crippen LogP contribution in [0, 0.1) is 0 Å². The van der Waals surface area contributed by atoms with Crippen LogP contribution in [0.25, 0.3) is 11.0 Å². The lowest BCUT2D eigenvalue weighted by atomic mass is 10.2. The van der Waals surface area contributed by atoms with Gasteiger partial charge in [-0.3, -0.25) is 4.98 Å². The maximum Gasteiger partial charge on any atom is 0.0890 e. The van der Waals surface area contributed by atoms with Crippen molar-refractivity contribution in [3.05, 3.63) is 36.2 Å².